The fourth-order valence-electron chi connectivity index (χ4n) is 2.32. The van der Waals surface area contributed by atoms with Gasteiger partial charge in [-0.3, -0.25) is 0 Å². The molecule has 4 nitrogen and oxygen atoms in total. The third-order valence-electron chi connectivity index (χ3n) is 3.37. The molecule has 0 aliphatic carbocycles. The zero-order valence-corrected chi connectivity index (χ0v) is 12.4. The zero-order valence-electron chi connectivity index (χ0n) is 12.4. The van der Waals surface area contributed by atoms with Gasteiger partial charge in [0.2, 0.25) is 0 Å². The maximum Gasteiger partial charge on any atom is 0.146 e. The Balaban J connectivity index is 2.02. The lowest BCUT2D eigenvalue weighted by molar-refractivity contribution is 0.341. The van der Waals surface area contributed by atoms with Crippen molar-refractivity contribution in [1.29, 1.82) is 0 Å². The number of ether oxygens (including phenoxy) is 1. The van der Waals surface area contributed by atoms with Crippen molar-refractivity contribution in [2.75, 3.05) is 12.3 Å². The molecule has 0 aromatic heterocycles. The Bertz CT molecular complexity index is 827. The first kappa shape index (κ1) is 14.1. The van der Waals surface area contributed by atoms with Crippen LogP contribution < -0.4 is 10.5 Å². The van der Waals surface area contributed by atoms with Crippen molar-refractivity contribution in [3.05, 3.63) is 60.7 Å². The zero-order chi connectivity index (χ0) is 15.4. The molecule has 0 aliphatic heterocycles. The molecule has 4 heteroatoms. The molecule has 0 heterocycles. The van der Waals surface area contributed by atoms with Crippen LogP contribution in [0.2, 0.25) is 0 Å². The minimum absolute atomic E-state index is 0.595. The summed E-state index contributed by atoms with van der Waals surface area (Å²) in [7, 11) is 0. The van der Waals surface area contributed by atoms with Crippen molar-refractivity contribution in [3.8, 4) is 5.75 Å². The summed E-state index contributed by atoms with van der Waals surface area (Å²) < 4.78 is 5.56. The van der Waals surface area contributed by atoms with Crippen molar-refractivity contribution in [2.45, 2.75) is 6.92 Å². The van der Waals surface area contributed by atoms with Crippen LogP contribution in [0.4, 0.5) is 17.1 Å². The van der Waals surface area contributed by atoms with Crippen molar-refractivity contribution in [1.82, 2.24) is 0 Å². The number of nitrogens with zero attached hydrogens (tertiary/aromatic N) is 2. The van der Waals surface area contributed by atoms with Gasteiger partial charge in [-0.25, -0.2) is 0 Å². The van der Waals surface area contributed by atoms with E-state index in [4.69, 9.17) is 10.5 Å². The number of nitrogens with two attached hydrogens (primary N) is 1. The molecule has 0 saturated carbocycles. The van der Waals surface area contributed by atoms with Gasteiger partial charge in [0, 0.05) is 16.5 Å². The molecule has 22 heavy (non-hydrogen) atoms. The third-order valence-corrected chi connectivity index (χ3v) is 3.37. The molecule has 3 aromatic carbocycles. The third kappa shape index (κ3) is 2.76. The second-order valence-electron chi connectivity index (χ2n) is 4.82. The molecule has 0 unspecified atom stereocenters. The summed E-state index contributed by atoms with van der Waals surface area (Å²) >= 11 is 0. The van der Waals surface area contributed by atoms with Gasteiger partial charge in [0.25, 0.3) is 0 Å². The fourth-order valence-corrected chi connectivity index (χ4v) is 2.32. The highest BCUT2D eigenvalue weighted by atomic mass is 16.5. The number of nitrogen functional groups attached to an aromatic ring is 1. The maximum atomic E-state index is 6.00. The topological polar surface area (TPSA) is 60.0 Å². The van der Waals surface area contributed by atoms with E-state index in [2.05, 4.69) is 10.2 Å². The van der Waals surface area contributed by atoms with E-state index in [0.717, 1.165) is 27.9 Å². The summed E-state index contributed by atoms with van der Waals surface area (Å²) in [5, 5.41) is 10.7. The lowest BCUT2D eigenvalue weighted by atomic mass is 10.1. The number of para-hydroxylation sites is 1. The van der Waals surface area contributed by atoms with Crippen LogP contribution in [0.3, 0.4) is 0 Å². The highest BCUT2D eigenvalue weighted by molar-refractivity contribution is 5.99. The van der Waals surface area contributed by atoms with Gasteiger partial charge in [-0.15, -0.1) is 10.2 Å². The molecule has 110 valence electrons. The Morgan fingerprint density at radius 1 is 0.818 bits per heavy atom. The molecule has 0 aliphatic rings. The molecule has 0 fully saturated rings. The van der Waals surface area contributed by atoms with Crippen LogP contribution in [0.5, 0.6) is 5.75 Å². The minimum atomic E-state index is 0.595. The standard InChI is InChI=1S/C18H17N3O/c1-2-22-18-10-6-5-9-17(18)21-20-16-12-11-15(19)13-7-3-4-8-14(13)16/h3-12H,2,19H2,1H3. The number of hydrogen-bond acceptors (Lipinski definition) is 4. The van der Waals surface area contributed by atoms with Crippen LogP contribution in [0.1, 0.15) is 6.92 Å². The normalized spacial score (nSPS) is 11.1. The first-order valence-electron chi connectivity index (χ1n) is 7.20. The smallest absolute Gasteiger partial charge is 0.146 e. The van der Waals surface area contributed by atoms with Crippen molar-refractivity contribution >= 4 is 27.8 Å². The molecule has 3 rings (SSSR count). The second kappa shape index (κ2) is 6.26. The molecule has 2 N–H and O–H groups in total. The van der Waals surface area contributed by atoms with E-state index in [9.17, 15) is 0 Å². The Morgan fingerprint density at radius 3 is 2.32 bits per heavy atom. The largest absolute Gasteiger partial charge is 0.492 e. The molecule has 3 aromatic rings. The quantitative estimate of drug-likeness (QED) is 0.528. The van der Waals surface area contributed by atoms with Gasteiger partial charge < -0.3 is 10.5 Å². The van der Waals surface area contributed by atoms with Gasteiger partial charge in [0.05, 0.1) is 12.3 Å². The van der Waals surface area contributed by atoms with Crippen molar-refractivity contribution in [3.63, 3.8) is 0 Å². The first-order valence-corrected chi connectivity index (χ1v) is 7.20. The second-order valence-corrected chi connectivity index (χ2v) is 4.82. The Morgan fingerprint density at radius 2 is 1.50 bits per heavy atom. The molecule has 0 spiro atoms. The predicted octanol–water partition coefficient (Wildman–Crippen LogP) is 5.24. The Labute approximate surface area is 129 Å². The number of rotatable bonds is 4. The van der Waals surface area contributed by atoms with E-state index in [1.54, 1.807) is 0 Å². The average molecular weight is 291 g/mol. The summed E-state index contributed by atoms with van der Waals surface area (Å²) in [4.78, 5) is 0. The van der Waals surface area contributed by atoms with Gasteiger partial charge >= 0.3 is 0 Å². The van der Waals surface area contributed by atoms with Gasteiger partial charge in [-0.1, -0.05) is 36.4 Å². The van der Waals surface area contributed by atoms with E-state index >= 15 is 0 Å². The highest BCUT2D eigenvalue weighted by Crippen LogP contribution is 2.33. The summed E-state index contributed by atoms with van der Waals surface area (Å²) in [6.45, 7) is 2.54. The van der Waals surface area contributed by atoms with Crippen LogP contribution in [0, 0.1) is 0 Å². The maximum absolute atomic E-state index is 6.00. The van der Waals surface area contributed by atoms with Gasteiger partial charge in [0.15, 0.2) is 0 Å². The molecule has 0 saturated heterocycles. The number of hydrogen-bond donors (Lipinski definition) is 1. The van der Waals surface area contributed by atoms with E-state index in [0.29, 0.717) is 12.3 Å². The highest BCUT2D eigenvalue weighted by Gasteiger charge is 2.04. The minimum Gasteiger partial charge on any atom is -0.492 e. The summed E-state index contributed by atoms with van der Waals surface area (Å²) in [5.41, 5.74) is 8.25. The summed E-state index contributed by atoms with van der Waals surface area (Å²) in [6.07, 6.45) is 0. The first-order chi connectivity index (χ1) is 10.8. The van der Waals surface area contributed by atoms with Gasteiger partial charge in [-0.05, 0) is 31.2 Å². The molecule has 0 bridgehead atoms. The molecular formula is C18H17N3O. The number of benzene rings is 3. The predicted molar refractivity (Wildman–Crippen MR) is 90.1 cm³/mol. The van der Waals surface area contributed by atoms with Crippen molar-refractivity contribution in [2.24, 2.45) is 10.2 Å². The van der Waals surface area contributed by atoms with E-state index < -0.39 is 0 Å². The average Bonchev–Trinajstić information content (AvgIpc) is 2.56. The van der Waals surface area contributed by atoms with E-state index in [1.807, 2.05) is 67.6 Å². The lowest BCUT2D eigenvalue weighted by Crippen LogP contribution is -1.90. The number of azo groups is 1. The van der Waals surface area contributed by atoms with Gasteiger partial charge in [0.1, 0.15) is 11.4 Å². The Hall–Kier alpha value is -2.88. The molecule has 0 atom stereocenters. The van der Waals surface area contributed by atoms with Crippen molar-refractivity contribution < 1.29 is 4.74 Å². The lowest BCUT2D eigenvalue weighted by Gasteiger charge is -2.06. The van der Waals surface area contributed by atoms with E-state index in [1.165, 1.54) is 0 Å². The summed E-state index contributed by atoms with van der Waals surface area (Å²) in [6, 6.07) is 19.2. The Kier molecular flexibility index (Phi) is 4.01. The summed E-state index contributed by atoms with van der Waals surface area (Å²) in [5.74, 6) is 0.730. The van der Waals surface area contributed by atoms with Crippen LogP contribution in [-0.2, 0) is 0 Å². The number of fused-ring (bicyclic) bond motifs is 1. The monoisotopic (exact) mass is 291 g/mol. The van der Waals surface area contributed by atoms with Crippen LogP contribution in [0.15, 0.2) is 70.9 Å². The molecular weight excluding hydrogens is 274 g/mol. The molecule has 0 radical (unpaired) electrons. The van der Waals surface area contributed by atoms with E-state index in [-0.39, 0.29) is 0 Å². The SMILES string of the molecule is CCOc1ccccc1N=Nc1ccc(N)c2ccccc12. The number of anilines is 1. The van der Waals surface area contributed by atoms with Crippen LogP contribution in [-0.4, -0.2) is 6.61 Å². The molecule has 0 amide bonds. The van der Waals surface area contributed by atoms with Gasteiger partial charge in [-0.2, -0.15) is 0 Å². The van der Waals surface area contributed by atoms with Crippen LogP contribution >= 0.6 is 0 Å². The van der Waals surface area contributed by atoms with Crippen LogP contribution in [0.25, 0.3) is 10.8 Å². The fraction of sp³-hybridized carbons (Fsp3) is 0.111.